The first-order chi connectivity index (χ1) is 8.61. The van der Waals surface area contributed by atoms with E-state index in [0.29, 0.717) is 5.56 Å². The lowest BCUT2D eigenvalue weighted by molar-refractivity contribution is 0.0699. The Morgan fingerprint density at radius 2 is 2.06 bits per heavy atom. The molecule has 1 aromatic carbocycles. The molecule has 1 aromatic heterocycles. The smallest absolute Gasteiger partial charge is 0.336 e. The van der Waals surface area contributed by atoms with Gasteiger partial charge in [0.25, 0.3) is 0 Å². The summed E-state index contributed by atoms with van der Waals surface area (Å²) in [7, 11) is 0. The van der Waals surface area contributed by atoms with E-state index < -0.39 is 5.97 Å². The van der Waals surface area contributed by atoms with Crippen molar-refractivity contribution in [3.8, 4) is 0 Å². The Kier molecular flexibility index (Phi) is 3.41. The Bertz CT molecular complexity index is 596. The van der Waals surface area contributed by atoms with Crippen LogP contribution in [0.3, 0.4) is 0 Å². The summed E-state index contributed by atoms with van der Waals surface area (Å²) < 4.78 is 2.20. The van der Waals surface area contributed by atoms with Crippen LogP contribution in [0.25, 0.3) is 10.9 Å². The molecule has 0 bridgehead atoms. The van der Waals surface area contributed by atoms with Crippen LogP contribution in [0.5, 0.6) is 0 Å². The van der Waals surface area contributed by atoms with E-state index >= 15 is 0 Å². The number of carbonyl (C=O) groups is 1. The summed E-state index contributed by atoms with van der Waals surface area (Å²) in [5.74, 6) is -0.841. The van der Waals surface area contributed by atoms with Crippen molar-refractivity contribution in [2.75, 3.05) is 0 Å². The number of benzene rings is 1. The first-order valence-electron chi connectivity index (χ1n) is 6.45. The van der Waals surface area contributed by atoms with Gasteiger partial charge in [-0.25, -0.2) is 4.79 Å². The van der Waals surface area contributed by atoms with Gasteiger partial charge in [-0.05, 0) is 38.0 Å². The molecule has 3 heteroatoms. The Morgan fingerprint density at radius 3 is 2.61 bits per heavy atom. The predicted molar refractivity (Wildman–Crippen MR) is 73.3 cm³/mol. The Morgan fingerprint density at radius 1 is 1.33 bits per heavy atom. The van der Waals surface area contributed by atoms with Crippen molar-refractivity contribution in [1.29, 1.82) is 0 Å². The number of aromatic carboxylic acids is 1. The number of hydrogen-bond acceptors (Lipinski definition) is 1. The molecule has 0 atom stereocenters. The van der Waals surface area contributed by atoms with Crippen LogP contribution in [0.15, 0.2) is 18.2 Å². The molecule has 2 rings (SSSR count). The zero-order valence-electron chi connectivity index (χ0n) is 11.2. The number of nitrogens with zero attached hydrogens (tertiary/aromatic N) is 1. The molecule has 0 saturated carbocycles. The van der Waals surface area contributed by atoms with Gasteiger partial charge in [-0.1, -0.05) is 19.4 Å². The van der Waals surface area contributed by atoms with Gasteiger partial charge in [0, 0.05) is 23.1 Å². The molecule has 18 heavy (non-hydrogen) atoms. The summed E-state index contributed by atoms with van der Waals surface area (Å²) in [6.45, 7) is 7.17. The minimum atomic E-state index is -0.841. The number of hydrogen-bond donors (Lipinski definition) is 1. The number of fused-ring (bicyclic) bond motifs is 1. The van der Waals surface area contributed by atoms with Gasteiger partial charge in [-0.3, -0.25) is 0 Å². The SMILES string of the molecule is CCCc1c(C)n(CC)c2cccc(C(=O)O)c12. The van der Waals surface area contributed by atoms with E-state index in [4.69, 9.17) is 0 Å². The van der Waals surface area contributed by atoms with Crippen LogP contribution in [0.2, 0.25) is 0 Å². The minimum Gasteiger partial charge on any atom is -0.478 e. The van der Waals surface area contributed by atoms with Gasteiger partial charge in [-0.15, -0.1) is 0 Å². The predicted octanol–water partition coefficient (Wildman–Crippen LogP) is 3.62. The van der Waals surface area contributed by atoms with Crippen molar-refractivity contribution in [3.05, 3.63) is 35.0 Å². The second kappa shape index (κ2) is 4.84. The van der Waals surface area contributed by atoms with Crippen molar-refractivity contribution < 1.29 is 9.90 Å². The molecule has 1 heterocycles. The molecule has 96 valence electrons. The van der Waals surface area contributed by atoms with E-state index in [9.17, 15) is 9.90 Å². The molecule has 0 fully saturated rings. The maximum Gasteiger partial charge on any atom is 0.336 e. The second-order valence-electron chi connectivity index (χ2n) is 4.56. The third-order valence-corrected chi connectivity index (χ3v) is 3.52. The highest BCUT2D eigenvalue weighted by Crippen LogP contribution is 2.30. The first-order valence-corrected chi connectivity index (χ1v) is 6.45. The summed E-state index contributed by atoms with van der Waals surface area (Å²) in [6.07, 6.45) is 1.96. The van der Waals surface area contributed by atoms with Crippen molar-refractivity contribution >= 4 is 16.9 Å². The van der Waals surface area contributed by atoms with Crippen molar-refractivity contribution in [1.82, 2.24) is 4.57 Å². The second-order valence-corrected chi connectivity index (χ2v) is 4.56. The highest BCUT2D eigenvalue weighted by Gasteiger charge is 2.18. The van der Waals surface area contributed by atoms with Crippen molar-refractivity contribution in [2.45, 2.75) is 40.2 Å². The number of carboxylic acid groups (broad SMARTS) is 1. The van der Waals surface area contributed by atoms with Gasteiger partial charge in [0.15, 0.2) is 0 Å². The fourth-order valence-electron chi connectivity index (χ4n) is 2.75. The van der Waals surface area contributed by atoms with Gasteiger partial charge in [0.2, 0.25) is 0 Å². The van der Waals surface area contributed by atoms with Gasteiger partial charge in [0.05, 0.1) is 5.56 Å². The fraction of sp³-hybridized carbons (Fsp3) is 0.400. The third kappa shape index (κ3) is 1.80. The molecule has 0 amide bonds. The van der Waals surface area contributed by atoms with Crippen LogP contribution in [0, 0.1) is 6.92 Å². The summed E-state index contributed by atoms with van der Waals surface area (Å²) in [4.78, 5) is 11.4. The summed E-state index contributed by atoms with van der Waals surface area (Å²) >= 11 is 0. The molecule has 0 spiro atoms. The minimum absolute atomic E-state index is 0.422. The summed E-state index contributed by atoms with van der Waals surface area (Å²) in [5.41, 5.74) is 3.85. The monoisotopic (exact) mass is 245 g/mol. The van der Waals surface area contributed by atoms with E-state index in [-0.39, 0.29) is 0 Å². The summed E-state index contributed by atoms with van der Waals surface area (Å²) in [5, 5.41) is 10.3. The van der Waals surface area contributed by atoms with Crippen LogP contribution in [-0.4, -0.2) is 15.6 Å². The van der Waals surface area contributed by atoms with Gasteiger partial charge < -0.3 is 9.67 Å². The van der Waals surface area contributed by atoms with Crippen LogP contribution in [0.1, 0.15) is 41.9 Å². The van der Waals surface area contributed by atoms with E-state index in [1.54, 1.807) is 6.07 Å². The van der Waals surface area contributed by atoms with E-state index in [2.05, 4.69) is 25.3 Å². The maximum atomic E-state index is 11.4. The highest BCUT2D eigenvalue weighted by atomic mass is 16.4. The molecule has 2 aromatic rings. The molecular weight excluding hydrogens is 226 g/mol. The maximum absolute atomic E-state index is 11.4. The highest BCUT2D eigenvalue weighted by molar-refractivity contribution is 6.05. The zero-order valence-corrected chi connectivity index (χ0v) is 11.2. The van der Waals surface area contributed by atoms with Crippen LogP contribution in [0.4, 0.5) is 0 Å². The lowest BCUT2D eigenvalue weighted by atomic mass is 10.0. The van der Waals surface area contributed by atoms with Crippen LogP contribution < -0.4 is 0 Å². The molecule has 0 aliphatic heterocycles. The lowest BCUT2D eigenvalue weighted by Crippen LogP contribution is -1.98. The fourth-order valence-corrected chi connectivity index (χ4v) is 2.75. The molecule has 0 unspecified atom stereocenters. The van der Waals surface area contributed by atoms with Gasteiger partial charge in [0.1, 0.15) is 0 Å². The van der Waals surface area contributed by atoms with Crippen molar-refractivity contribution in [3.63, 3.8) is 0 Å². The number of aryl methyl sites for hydroxylation is 2. The van der Waals surface area contributed by atoms with E-state index in [1.165, 1.54) is 11.3 Å². The number of carboxylic acids is 1. The quantitative estimate of drug-likeness (QED) is 0.893. The van der Waals surface area contributed by atoms with E-state index in [0.717, 1.165) is 30.3 Å². The van der Waals surface area contributed by atoms with Crippen molar-refractivity contribution in [2.24, 2.45) is 0 Å². The topological polar surface area (TPSA) is 42.2 Å². The van der Waals surface area contributed by atoms with Crippen LogP contribution >= 0.6 is 0 Å². The molecule has 0 radical (unpaired) electrons. The molecule has 1 N–H and O–H groups in total. The first kappa shape index (κ1) is 12.7. The average molecular weight is 245 g/mol. The number of aromatic nitrogens is 1. The number of rotatable bonds is 4. The molecule has 0 saturated heterocycles. The Hall–Kier alpha value is -1.77. The Labute approximate surface area is 107 Å². The average Bonchev–Trinajstić information content (AvgIpc) is 2.62. The van der Waals surface area contributed by atoms with Gasteiger partial charge >= 0.3 is 5.97 Å². The molecule has 0 aliphatic rings. The van der Waals surface area contributed by atoms with E-state index in [1.807, 2.05) is 12.1 Å². The molecular formula is C15H19NO2. The largest absolute Gasteiger partial charge is 0.478 e. The summed E-state index contributed by atoms with van der Waals surface area (Å²) in [6, 6.07) is 5.54. The standard InChI is InChI=1S/C15H19NO2/c1-4-7-11-10(3)16(5-2)13-9-6-8-12(14(11)13)15(17)18/h6,8-9H,4-5,7H2,1-3H3,(H,17,18). The molecule has 0 aliphatic carbocycles. The third-order valence-electron chi connectivity index (χ3n) is 3.52. The Balaban J connectivity index is 2.87. The molecule has 3 nitrogen and oxygen atoms in total. The van der Waals surface area contributed by atoms with Crippen LogP contribution in [-0.2, 0) is 13.0 Å². The van der Waals surface area contributed by atoms with Gasteiger partial charge in [-0.2, -0.15) is 0 Å². The zero-order chi connectivity index (χ0) is 13.3. The lowest BCUT2D eigenvalue weighted by Gasteiger charge is -2.04. The normalized spacial score (nSPS) is 11.1.